The first-order chi connectivity index (χ1) is 18.7. The lowest BCUT2D eigenvalue weighted by Gasteiger charge is -2.39. The quantitative estimate of drug-likeness (QED) is 0.185. The second-order valence-electron chi connectivity index (χ2n) is 8.95. The molecule has 2 atom stereocenters. The number of carboxylic acids is 1. The van der Waals surface area contributed by atoms with Crippen molar-refractivity contribution in [2.75, 3.05) is 11.4 Å². The Hall–Kier alpha value is -4.17. The molecule has 0 bridgehead atoms. The molecule has 4 N–H and O–H groups in total. The van der Waals surface area contributed by atoms with Crippen LogP contribution in [0.3, 0.4) is 0 Å². The van der Waals surface area contributed by atoms with Crippen molar-refractivity contribution in [2.24, 2.45) is 0 Å². The lowest BCUT2D eigenvalue weighted by atomic mass is 10.00. The number of carbonyl (C=O) groups is 2. The van der Waals surface area contributed by atoms with E-state index in [2.05, 4.69) is 5.32 Å². The zero-order valence-corrected chi connectivity index (χ0v) is 21.9. The number of amides is 1. The van der Waals surface area contributed by atoms with Crippen LogP contribution >= 0.6 is 7.60 Å². The number of carboxylic acid groups (broad SMARTS) is 1. The summed E-state index contributed by atoms with van der Waals surface area (Å²) in [7, 11) is -4.86. The van der Waals surface area contributed by atoms with Crippen LogP contribution in [0.15, 0.2) is 108 Å². The van der Waals surface area contributed by atoms with E-state index in [-0.39, 0.29) is 19.4 Å². The highest BCUT2D eigenvalue weighted by atomic mass is 31.2. The van der Waals surface area contributed by atoms with Crippen LogP contribution in [0.1, 0.15) is 23.3 Å². The Balaban J connectivity index is 1.79. The highest BCUT2D eigenvalue weighted by Gasteiger charge is 2.42. The largest absolute Gasteiger partial charge is 0.481 e. The summed E-state index contributed by atoms with van der Waals surface area (Å²) in [5.41, 5.74) is 2.34. The van der Waals surface area contributed by atoms with Gasteiger partial charge in [-0.15, -0.1) is 0 Å². The maximum atomic E-state index is 13.6. The Labute approximate surface area is 225 Å². The number of aliphatic carboxylic acids is 1. The molecule has 9 nitrogen and oxygen atoms in total. The molecule has 1 amide bonds. The fourth-order valence-electron chi connectivity index (χ4n) is 4.43. The molecule has 1 heterocycles. The summed E-state index contributed by atoms with van der Waals surface area (Å²) in [4.78, 5) is 47.4. The number of nitrogens with zero attached hydrogens (tertiary/aromatic N) is 1. The van der Waals surface area contributed by atoms with Crippen molar-refractivity contribution in [3.63, 3.8) is 0 Å². The summed E-state index contributed by atoms with van der Waals surface area (Å²) < 4.78 is 18.5. The van der Waals surface area contributed by atoms with Gasteiger partial charge in [0, 0.05) is 24.2 Å². The molecule has 3 aromatic carbocycles. The van der Waals surface area contributed by atoms with Crippen LogP contribution in [0.5, 0.6) is 0 Å². The van der Waals surface area contributed by atoms with E-state index in [0.717, 1.165) is 11.1 Å². The van der Waals surface area contributed by atoms with Crippen LogP contribution in [-0.4, -0.2) is 39.4 Å². The van der Waals surface area contributed by atoms with Crippen LogP contribution < -0.4 is 10.2 Å². The Morgan fingerprint density at radius 2 is 1.51 bits per heavy atom. The first kappa shape index (κ1) is 27.9. The van der Waals surface area contributed by atoms with E-state index in [9.17, 15) is 23.9 Å². The summed E-state index contributed by atoms with van der Waals surface area (Å²) in [6, 6.07) is 26.8. The zero-order chi connectivity index (χ0) is 27.8. The molecule has 0 aliphatic rings. The van der Waals surface area contributed by atoms with E-state index >= 15 is 0 Å². The minimum Gasteiger partial charge on any atom is -0.481 e. The normalized spacial score (nSPS) is 12.9. The van der Waals surface area contributed by atoms with Crippen molar-refractivity contribution in [3.8, 4) is 11.3 Å². The highest BCUT2D eigenvalue weighted by Crippen LogP contribution is 2.55. The second-order valence-corrected chi connectivity index (χ2v) is 10.6. The van der Waals surface area contributed by atoms with Gasteiger partial charge in [0.25, 0.3) is 0 Å². The first-order valence-corrected chi connectivity index (χ1v) is 14.0. The molecule has 1 aromatic heterocycles. The van der Waals surface area contributed by atoms with Crippen LogP contribution in [-0.2, 0) is 20.6 Å². The lowest BCUT2D eigenvalue weighted by molar-refractivity contribution is -0.136. The van der Waals surface area contributed by atoms with Gasteiger partial charge in [-0.05, 0) is 35.4 Å². The van der Waals surface area contributed by atoms with Gasteiger partial charge in [-0.2, -0.15) is 0 Å². The summed E-state index contributed by atoms with van der Waals surface area (Å²) in [5, 5.41) is 11.7. The molecule has 4 rings (SSSR count). The van der Waals surface area contributed by atoms with Crippen LogP contribution in [0.4, 0.5) is 5.69 Å². The highest BCUT2D eigenvalue weighted by molar-refractivity contribution is 7.52. The van der Waals surface area contributed by atoms with Crippen molar-refractivity contribution in [1.82, 2.24) is 5.32 Å². The number of rotatable bonds is 12. The van der Waals surface area contributed by atoms with Gasteiger partial charge in [-0.3, -0.25) is 14.2 Å². The van der Waals surface area contributed by atoms with E-state index < -0.39 is 31.3 Å². The van der Waals surface area contributed by atoms with Crippen LogP contribution in [0.25, 0.3) is 11.3 Å². The molecule has 0 aliphatic heterocycles. The molecule has 10 heteroatoms. The molecule has 39 heavy (non-hydrogen) atoms. The molecule has 0 saturated carbocycles. The monoisotopic (exact) mass is 548 g/mol. The molecule has 0 radical (unpaired) electrons. The van der Waals surface area contributed by atoms with Gasteiger partial charge >= 0.3 is 13.6 Å². The van der Waals surface area contributed by atoms with Crippen LogP contribution in [0.2, 0.25) is 0 Å². The third kappa shape index (κ3) is 7.23. The number of furan rings is 1. The number of carbonyl (C=O) groups excluding carboxylic acids is 1. The Morgan fingerprint density at radius 1 is 0.872 bits per heavy atom. The molecule has 0 spiro atoms. The van der Waals surface area contributed by atoms with Gasteiger partial charge in [-0.1, -0.05) is 72.8 Å². The Morgan fingerprint density at radius 3 is 2.08 bits per heavy atom. The molecule has 0 aliphatic carbocycles. The predicted octanol–water partition coefficient (Wildman–Crippen LogP) is 4.83. The predicted molar refractivity (Wildman–Crippen MR) is 147 cm³/mol. The van der Waals surface area contributed by atoms with Crippen molar-refractivity contribution < 1.29 is 33.5 Å². The summed E-state index contributed by atoms with van der Waals surface area (Å²) in [5.74, 6) is -2.41. The van der Waals surface area contributed by atoms with Gasteiger partial charge in [0.2, 0.25) is 5.91 Å². The third-order valence-electron chi connectivity index (χ3n) is 6.20. The van der Waals surface area contributed by atoms with E-state index in [0.29, 0.717) is 17.0 Å². The van der Waals surface area contributed by atoms with E-state index in [4.69, 9.17) is 9.52 Å². The smallest absolute Gasteiger partial charge is 0.352 e. The maximum absolute atomic E-state index is 13.6. The van der Waals surface area contributed by atoms with E-state index in [1.165, 1.54) is 4.90 Å². The number of benzene rings is 3. The molecule has 0 saturated heterocycles. The molecule has 1 unspecified atom stereocenters. The van der Waals surface area contributed by atoms with E-state index in [1.807, 2.05) is 30.3 Å². The minimum absolute atomic E-state index is 0.0928. The molecule has 202 valence electrons. The molecular weight excluding hydrogens is 519 g/mol. The summed E-state index contributed by atoms with van der Waals surface area (Å²) in [6.07, 6.45) is 1.38. The van der Waals surface area contributed by atoms with Gasteiger partial charge in [-0.25, -0.2) is 0 Å². The van der Waals surface area contributed by atoms with Gasteiger partial charge in [0.05, 0.1) is 12.7 Å². The van der Waals surface area contributed by atoms with Crippen molar-refractivity contribution in [3.05, 3.63) is 114 Å². The second kappa shape index (κ2) is 12.6. The Kier molecular flexibility index (Phi) is 8.99. The molecular formula is C29H29N2O7P. The third-order valence-corrected chi connectivity index (χ3v) is 7.38. The number of hydrogen-bond acceptors (Lipinski definition) is 5. The SMILES string of the molecule is O=C(O)CCNC(=O)[C@H](Cc1ccc(-c2ccco2)cc1)N(c1ccccc1)C(c1ccccc1)P(=O)(O)O. The topological polar surface area (TPSA) is 140 Å². The molecule has 0 fully saturated rings. The standard InChI is InChI=1S/C29H29N2O7P/c32-27(33)17-18-30-28(34)25(20-21-13-15-22(16-14-21)26-12-7-19-38-26)31(24-10-5-2-6-11-24)29(39(35,36)37)23-8-3-1-4-9-23/h1-16,19,25,29H,17-18,20H2,(H,30,34)(H,32,33)(H2,35,36,37)/t25-,29?/m0/s1. The van der Waals surface area contributed by atoms with Gasteiger partial charge in [0.15, 0.2) is 5.78 Å². The first-order valence-electron chi connectivity index (χ1n) is 12.3. The maximum Gasteiger partial charge on any atom is 0.352 e. The number of anilines is 1. The van der Waals surface area contributed by atoms with Gasteiger partial charge in [0.1, 0.15) is 11.8 Å². The minimum atomic E-state index is -4.86. The average molecular weight is 549 g/mol. The lowest BCUT2D eigenvalue weighted by Crippen LogP contribution is -2.50. The van der Waals surface area contributed by atoms with Crippen molar-refractivity contribution in [1.29, 1.82) is 0 Å². The molecule has 4 aromatic rings. The van der Waals surface area contributed by atoms with Crippen LogP contribution in [0, 0.1) is 0 Å². The van der Waals surface area contributed by atoms with E-state index in [1.54, 1.807) is 73.0 Å². The zero-order valence-electron chi connectivity index (χ0n) is 21.0. The average Bonchev–Trinajstić information content (AvgIpc) is 3.46. The van der Waals surface area contributed by atoms with Crippen molar-refractivity contribution >= 4 is 25.2 Å². The van der Waals surface area contributed by atoms with Gasteiger partial charge < -0.3 is 29.5 Å². The summed E-state index contributed by atoms with van der Waals surface area (Å²) >= 11 is 0. The van der Waals surface area contributed by atoms with Crippen molar-refractivity contribution in [2.45, 2.75) is 24.7 Å². The number of hydrogen-bond donors (Lipinski definition) is 4. The Bertz CT molecular complexity index is 1410. The summed E-state index contributed by atoms with van der Waals surface area (Å²) in [6.45, 7) is -0.128. The fraction of sp³-hybridized carbons (Fsp3) is 0.172. The number of para-hydroxylation sites is 1. The number of nitrogens with one attached hydrogen (secondary N) is 1. The fourth-order valence-corrected chi connectivity index (χ4v) is 5.61.